The van der Waals surface area contributed by atoms with Gasteiger partial charge in [0.15, 0.2) is 5.78 Å². The Labute approximate surface area is 100 Å². The molecule has 2 rings (SSSR count). The van der Waals surface area contributed by atoms with Crippen molar-refractivity contribution in [1.29, 1.82) is 0 Å². The smallest absolute Gasteiger partial charge is 0.163 e. The predicted molar refractivity (Wildman–Crippen MR) is 68.0 cm³/mol. The van der Waals surface area contributed by atoms with Crippen molar-refractivity contribution < 1.29 is 4.79 Å². The first kappa shape index (κ1) is 11.6. The number of thiophene rings is 1. The summed E-state index contributed by atoms with van der Waals surface area (Å²) in [5, 5.41) is 0.697. The first-order valence-corrected chi connectivity index (χ1v) is 6.47. The molecule has 0 atom stereocenters. The Morgan fingerprint density at radius 1 is 1.50 bits per heavy atom. The summed E-state index contributed by atoms with van der Waals surface area (Å²) in [5.74, 6) is 0.105. The first-order valence-electron chi connectivity index (χ1n) is 5.65. The van der Waals surface area contributed by atoms with Gasteiger partial charge in [0.1, 0.15) is 0 Å². The molecular formula is C12H18N2OS. The SMILES string of the molecule is CC(=O)c1c(N)sc2c1CCN(C(C)C)C2. The van der Waals surface area contributed by atoms with E-state index in [9.17, 15) is 4.79 Å². The lowest BCUT2D eigenvalue weighted by molar-refractivity contribution is 0.101. The molecule has 4 heteroatoms. The monoisotopic (exact) mass is 238 g/mol. The Bertz CT molecular complexity index is 423. The molecule has 0 radical (unpaired) electrons. The number of nitrogens with two attached hydrogens (primary N) is 1. The summed E-state index contributed by atoms with van der Waals surface area (Å²) >= 11 is 1.58. The van der Waals surface area contributed by atoms with Crippen LogP contribution < -0.4 is 5.73 Å². The predicted octanol–water partition coefficient (Wildman–Crippen LogP) is 2.30. The summed E-state index contributed by atoms with van der Waals surface area (Å²) in [6, 6.07) is 0.553. The van der Waals surface area contributed by atoms with E-state index in [0.29, 0.717) is 11.0 Å². The van der Waals surface area contributed by atoms with Crippen LogP contribution in [0.5, 0.6) is 0 Å². The normalized spacial score (nSPS) is 16.5. The lowest BCUT2D eigenvalue weighted by Crippen LogP contribution is -2.35. The highest BCUT2D eigenvalue weighted by Gasteiger charge is 2.26. The molecule has 1 aromatic heterocycles. The maximum Gasteiger partial charge on any atom is 0.163 e. The van der Waals surface area contributed by atoms with E-state index in [0.717, 1.165) is 25.1 Å². The van der Waals surface area contributed by atoms with Gasteiger partial charge in [-0.1, -0.05) is 0 Å². The van der Waals surface area contributed by atoms with Crippen molar-refractivity contribution in [1.82, 2.24) is 4.90 Å². The fraction of sp³-hybridized carbons (Fsp3) is 0.583. The van der Waals surface area contributed by atoms with Crippen molar-refractivity contribution >= 4 is 22.1 Å². The molecule has 0 aliphatic carbocycles. The van der Waals surface area contributed by atoms with Gasteiger partial charge in [0, 0.05) is 24.0 Å². The zero-order valence-electron chi connectivity index (χ0n) is 10.0. The first-order chi connectivity index (χ1) is 7.50. The van der Waals surface area contributed by atoms with Gasteiger partial charge in [-0.3, -0.25) is 9.69 Å². The Kier molecular flexibility index (Phi) is 3.04. The van der Waals surface area contributed by atoms with E-state index in [-0.39, 0.29) is 5.78 Å². The fourth-order valence-corrected chi connectivity index (χ4v) is 3.46. The van der Waals surface area contributed by atoms with Gasteiger partial charge in [-0.25, -0.2) is 0 Å². The molecule has 2 N–H and O–H groups in total. The number of Topliss-reactive ketones (excluding diaryl/α,β-unsaturated/α-hetero) is 1. The molecule has 0 amide bonds. The molecule has 0 saturated carbocycles. The third-order valence-electron chi connectivity index (χ3n) is 3.20. The molecule has 2 heterocycles. The number of ketones is 1. The second-order valence-corrected chi connectivity index (χ2v) is 5.75. The van der Waals surface area contributed by atoms with E-state index in [1.54, 1.807) is 18.3 Å². The highest BCUT2D eigenvalue weighted by Crippen LogP contribution is 2.35. The lowest BCUT2D eigenvalue weighted by Gasteiger charge is -2.30. The van der Waals surface area contributed by atoms with Crippen LogP contribution in [0.3, 0.4) is 0 Å². The standard InChI is InChI=1S/C12H18N2OS/c1-7(2)14-5-4-9-10(6-14)16-12(13)11(9)8(3)15/h7H,4-6,13H2,1-3H3. The van der Waals surface area contributed by atoms with Crippen LogP contribution in [0.4, 0.5) is 5.00 Å². The van der Waals surface area contributed by atoms with Crippen LogP contribution in [0.2, 0.25) is 0 Å². The molecule has 0 unspecified atom stereocenters. The Hall–Kier alpha value is -0.870. The third-order valence-corrected chi connectivity index (χ3v) is 4.24. The number of carbonyl (C=O) groups excluding carboxylic acids is 1. The van der Waals surface area contributed by atoms with Crippen molar-refractivity contribution in [3.8, 4) is 0 Å². The fourth-order valence-electron chi connectivity index (χ4n) is 2.27. The summed E-state index contributed by atoms with van der Waals surface area (Å²) in [7, 11) is 0. The molecule has 0 fully saturated rings. The summed E-state index contributed by atoms with van der Waals surface area (Å²) in [5.41, 5.74) is 7.90. The van der Waals surface area contributed by atoms with Crippen LogP contribution in [0.25, 0.3) is 0 Å². The largest absolute Gasteiger partial charge is 0.390 e. The lowest BCUT2D eigenvalue weighted by atomic mass is 10.00. The summed E-state index contributed by atoms with van der Waals surface area (Å²) in [4.78, 5) is 15.2. The number of hydrogen-bond donors (Lipinski definition) is 1. The molecule has 0 spiro atoms. The summed E-state index contributed by atoms with van der Waals surface area (Å²) < 4.78 is 0. The van der Waals surface area contributed by atoms with Crippen molar-refractivity contribution in [2.75, 3.05) is 12.3 Å². The highest BCUT2D eigenvalue weighted by molar-refractivity contribution is 7.16. The van der Waals surface area contributed by atoms with Crippen molar-refractivity contribution in [2.24, 2.45) is 0 Å². The molecular weight excluding hydrogens is 220 g/mol. The summed E-state index contributed by atoms with van der Waals surface area (Å²) in [6.45, 7) is 7.98. The number of carbonyl (C=O) groups is 1. The van der Waals surface area contributed by atoms with Gasteiger partial charge in [0.2, 0.25) is 0 Å². The van der Waals surface area contributed by atoms with Gasteiger partial charge in [-0.2, -0.15) is 0 Å². The minimum Gasteiger partial charge on any atom is -0.390 e. The van der Waals surface area contributed by atoms with E-state index in [1.165, 1.54) is 10.4 Å². The Balaban J connectivity index is 2.35. The van der Waals surface area contributed by atoms with E-state index in [4.69, 9.17) is 5.73 Å². The van der Waals surface area contributed by atoms with Crippen LogP contribution in [-0.4, -0.2) is 23.3 Å². The number of nitrogens with zero attached hydrogens (tertiary/aromatic N) is 1. The van der Waals surface area contributed by atoms with Crippen LogP contribution in [0.1, 0.15) is 41.6 Å². The molecule has 0 saturated heterocycles. The second-order valence-electron chi connectivity index (χ2n) is 4.61. The average molecular weight is 238 g/mol. The van der Waals surface area contributed by atoms with Crippen molar-refractivity contribution in [3.63, 3.8) is 0 Å². The van der Waals surface area contributed by atoms with Crippen LogP contribution in [0, 0.1) is 0 Å². The molecule has 88 valence electrons. The molecule has 0 aromatic carbocycles. The number of fused-ring (bicyclic) bond motifs is 1. The van der Waals surface area contributed by atoms with Gasteiger partial charge in [0.05, 0.1) is 10.6 Å². The van der Waals surface area contributed by atoms with Crippen LogP contribution in [0.15, 0.2) is 0 Å². The van der Waals surface area contributed by atoms with E-state index >= 15 is 0 Å². The highest BCUT2D eigenvalue weighted by atomic mass is 32.1. The minimum absolute atomic E-state index is 0.105. The maximum absolute atomic E-state index is 11.5. The zero-order chi connectivity index (χ0) is 11.9. The van der Waals surface area contributed by atoms with E-state index in [2.05, 4.69) is 18.7 Å². The minimum atomic E-state index is 0.105. The molecule has 3 nitrogen and oxygen atoms in total. The molecule has 16 heavy (non-hydrogen) atoms. The van der Waals surface area contributed by atoms with E-state index < -0.39 is 0 Å². The number of anilines is 1. The Morgan fingerprint density at radius 2 is 2.19 bits per heavy atom. The van der Waals surface area contributed by atoms with Gasteiger partial charge < -0.3 is 5.73 Å². The number of hydrogen-bond acceptors (Lipinski definition) is 4. The van der Waals surface area contributed by atoms with Crippen LogP contribution >= 0.6 is 11.3 Å². The number of nitrogen functional groups attached to an aromatic ring is 1. The van der Waals surface area contributed by atoms with Gasteiger partial charge in [0.25, 0.3) is 0 Å². The van der Waals surface area contributed by atoms with Crippen molar-refractivity contribution in [2.45, 2.75) is 39.8 Å². The quantitative estimate of drug-likeness (QED) is 0.804. The topological polar surface area (TPSA) is 46.3 Å². The molecule has 0 bridgehead atoms. The van der Waals surface area contributed by atoms with Gasteiger partial charge in [-0.15, -0.1) is 11.3 Å². The molecule has 1 aliphatic rings. The summed E-state index contributed by atoms with van der Waals surface area (Å²) in [6.07, 6.45) is 0.954. The maximum atomic E-state index is 11.5. The molecule has 1 aromatic rings. The second kappa shape index (κ2) is 4.18. The van der Waals surface area contributed by atoms with Crippen LogP contribution in [-0.2, 0) is 13.0 Å². The third kappa shape index (κ3) is 1.87. The van der Waals surface area contributed by atoms with Gasteiger partial charge in [-0.05, 0) is 32.8 Å². The molecule has 1 aliphatic heterocycles. The van der Waals surface area contributed by atoms with E-state index in [1.807, 2.05) is 0 Å². The zero-order valence-corrected chi connectivity index (χ0v) is 10.9. The average Bonchev–Trinajstić information content (AvgIpc) is 2.51. The Morgan fingerprint density at radius 3 is 2.75 bits per heavy atom. The van der Waals surface area contributed by atoms with Gasteiger partial charge >= 0.3 is 0 Å². The van der Waals surface area contributed by atoms with Crippen molar-refractivity contribution in [3.05, 3.63) is 16.0 Å². The number of rotatable bonds is 2.